The lowest BCUT2D eigenvalue weighted by atomic mass is 10.1. The van der Waals surface area contributed by atoms with Crippen LogP contribution in [0.2, 0.25) is 0 Å². The van der Waals surface area contributed by atoms with E-state index in [1.165, 1.54) is 0 Å². The zero-order valence-corrected chi connectivity index (χ0v) is 18.5. The van der Waals surface area contributed by atoms with Crippen molar-refractivity contribution in [3.8, 4) is 5.75 Å². The van der Waals surface area contributed by atoms with Gasteiger partial charge in [-0.1, -0.05) is 12.1 Å². The van der Waals surface area contributed by atoms with E-state index in [9.17, 15) is 4.79 Å². The Morgan fingerprint density at radius 1 is 1.23 bits per heavy atom. The molecule has 0 heterocycles. The number of aryl methyl sites for hydroxylation is 1. The molecule has 0 spiro atoms. The van der Waals surface area contributed by atoms with Crippen molar-refractivity contribution in [2.75, 3.05) is 33.9 Å². The summed E-state index contributed by atoms with van der Waals surface area (Å²) in [5, 5.41) is 8.92. The van der Waals surface area contributed by atoms with E-state index in [-0.39, 0.29) is 42.5 Å². The SMILES string of the molecule is CN=C(NCC(=O)NCCOC)NCc1ccc(C)cc1OC(C)C.I. The van der Waals surface area contributed by atoms with Crippen molar-refractivity contribution in [3.05, 3.63) is 29.3 Å². The van der Waals surface area contributed by atoms with Crippen LogP contribution < -0.4 is 20.7 Å². The lowest BCUT2D eigenvalue weighted by Gasteiger charge is -2.17. The number of nitrogens with zero attached hydrogens (tertiary/aromatic N) is 1. The molecule has 0 unspecified atom stereocenters. The van der Waals surface area contributed by atoms with Gasteiger partial charge < -0.3 is 25.4 Å². The quantitative estimate of drug-likeness (QED) is 0.218. The molecule has 1 rings (SSSR count). The largest absolute Gasteiger partial charge is 0.491 e. The van der Waals surface area contributed by atoms with Crippen LogP contribution in [-0.4, -0.2) is 51.8 Å². The number of halogens is 1. The first-order valence-electron chi connectivity index (χ1n) is 8.42. The third kappa shape index (κ3) is 9.81. The smallest absolute Gasteiger partial charge is 0.239 e. The Bertz CT molecular complexity index is 580. The van der Waals surface area contributed by atoms with Gasteiger partial charge in [-0.05, 0) is 32.4 Å². The Balaban J connectivity index is 0.00000625. The second-order valence-electron chi connectivity index (χ2n) is 5.90. The molecule has 8 heteroatoms. The number of benzene rings is 1. The molecule has 3 N–H and O–H groups in total. The lowest BCUT2D eigenvalue weighted by Crippen LogP contribution is -2.43. The van der Waals surface area contributed by atoms with Crippen molar-refractivity contribution in [2.24, 2.45) is 4.99 Å². The minimum absolute atomic E-state index is 0. The van der Waals surface area contributed by atoms with Crippen molar-refractivity contribution in [3.63, 3.8) is 0 Å². The number of hydrogen-bond donors (Lipinski definition) is 3. The van der Waals surface area contributed by atoms with Crippen LogP contribution in [0.25, 0.3) is 0 Å². The summed E-state index contributed by atoms with van der Waals surface area (Å²) >= 11 is 0. The Hall–Kier alpha value is -1.55. The van der Waals surface area contributed by atoms with Gasteiger partial charge in [0.2, 0.25) is 5.91 Å². The molecule has 0 bridgehead atoms. The third-order valence-corrected chi connectivity index (χ3v) is 3.30. The topological polar surface area (TPSA) is 84.0 Å². The molecule has 1 aromatic carbocycles. The van der Waals surface area contributed by atoms with Crippen molar-refractivity contribution in [2.45, 2.75) is 33.4 Å². The molecule has 26 heavy (non-hydrogen) atoms. The highest BCUT2D eigenvalue weighted by molar-refractivity contribution is 14.0. The molecule has 0 aliphatic heterocycles. The molecule has 0 radical (unpaired) electrons. The molecule has 7 nitrogen and oxygen atoms in total. The number of nitrogens with one attached hydrogen (secondary N) is 3. The first-order valence-corrected chi connectivity index (χ1v) is 8.42. The number of amides is 1. The molecule has 0 aromatic heterocycles. The zero-order chi connectivity index (χ0) is 18.7. The molecule has 1 aromatic rings. The predicted octanol–water partition coefficient (Wildman–Crippen LogP) is 1.83. The van der Waals surface area contributed by atoms with Gasteiger partial charge in [0.05, 0.1) is 19.3 Å². The number of carbonyl (C=O) groups is 1. The molecule has 0 saturated heterocycles. The molecular formula is C18H31IN4O3. The maximum absolute atomic E-state index is 11.7. The number of rotatable bonds is 9. The van der Waals surface area contributed by atoms with E-state index >= 15 is 0 Å². The van der Waals surface area contributed by atoms with Crippen LogP contribution in [0.5, 0.6) is 5.75 Å². The summed E-state index contributed by atoms with van der Waals surface area (Å²) in [5.41, 5.74) is 2.18. The second-order valence-corrected chi connectivity index (χ2v) is 5.90. The van der Waals surface area contributed by atoms with E-state index in [2.05, 4.69) is 20.9 Å². The molecule has 0 fully saturated rings. The number of hydrogen-bond acceptors (Lipinski definition) is 4. The van der Waals surface area contributed by atoms with Crippen LogP contribution in [0.1, 0.15) is 25.0 Å². The maximum Gasteiger partial charge on any atom is 0.239 e. The molecule has 0 saturated carbocycles. The van der Waals surface area contributed by atoms with Gasteiger partial charge in [-0.15, -0.1) is 24.0 Å². The summed E-state index contributed by atoms with van der Waals surface area (Å²) in [6.07, 6.45) is 0.105. The van der Waals surface area contributed by atoms with Gasteiger partial charge in [0, 0.05) is 32.8 Å². The van der Waals surface area contributed by atoms with E-state index in [1.807, 2.05) is 39.0 Å². The van der Waals surface area contributed by atoms with Crippen LogP contribution in [0, 0.1) is 6.92 Å². The van der Waals surface area contributed by atoms with Gasteiger partial charge in [-0.3, -0.25) is 9.79 Å². The first kappa shape index (κ1) is 24.5. The van der Waals surface area contributed by atoms with Gasteiger partial charge in [-0.25, -0.2) is 0 Å². The normalized spacial score (nSPS) is 10.9. The summed E-state index contributed by atoms with van der Waals surface area (Å²) in [6, 6.07) is 6.10. The van der Waals surface area contributed by atoms with Crippen LogP contribution in [-0.2, 0) is 16.1 Å². The fourth-order valence-corrected chi connectivity index (χ4v) is 2.09. The molecule has 148 valence electrons. The Morgan fingerprint density at radius 3 is 2.58 bits per heavy atom. The van der Waals surface area contributed by atoms with E-state index < -0.39 is 0 Å². The minimum Gasteiger partial charge on any atom is -0.491 e. The Labute approximate surface area is 173 Å². The summed E-state index contributed by atoms with van der Waals surface area (Å²) in [6.45, 7) is 7.71. The average Bonchev–Trinajstić information content (AvgIpc) is 2.56. The molecule has 0 aliphatic carbocycles. The van der Waals surface area contributed by atoms with Crippen molar-refractivity contribution in [1.29, 1.82) is 0 Å². The predicted molar refractivity (Wildman–Crippen MR) is 115 cm³/mol. The highest BCUT2D eigenvalue weighted by Gasteiger charge is 2.08. The minimum atomic E-state index is -0.112. The monoisotopic (exact) mass is 478 g/mol. The fraction of sp³-hybridized carbons (Fsp3) is 0.556. The standard InChI is InChI=1S/C18H30N4O3.HI/c1-13(2)25-16-10-14(3)6-7-15(16)11-21-18(19-4)22-12-17(23)20-8-9-24-5;/h6-7,10,13H,8-9,11-12H2,1-5H3,(H,20,23)(H2,19,21,22);1H. The Morgan fingerprint density at radius 2 is 1.96 bits per heavy atom. The summed E-state index contributed by atoms with van der Waals surface area (Å²) in [7, 11) is 3.26. The molecule has 1 amide bonds. The zero-order valence-electron chi connectivity index (χ0n) is 16.2. The van der Waals surface area contributed by atoms with Gasteiger partial charge >= 0.3 is 0 Å². The molecule has 0 aliphatic rings. The van der Waals surface area contributed by atoms with E-state index in [1.54, 1.807) is 14.2 Å². The summed E-state index contributed by atoms with van der Waals surface area (Å²) < 4.78 is 10.8. The number of aliphatic imine (C=N–C) groups is 1. The summed E-state index contributed by atoms with van der Waals surface area (Å²) in [5.74, 6) is 1.30. The average molecular weight is 478 g/mol. The van der Waals surface area contributed by atoms with E-state index in [0.29, 0.717) is 25.7 Å². The number of methoxy groups -OCH3 is 1. The highest BCUT2D eigenvalue weighted by Crippen LogP contribution is 2.21. The molecule has 0 atom stereocenters. The molecular weight excluding hydrogens is 447 g/mol. The number of guanidine groups is 1. The maximum atomic E-state index is 11.7. The van der Waals surface area contributed by atoms with Crippen LogP contribution in [0.15, 0.2) is 23.2 Å². The van der Waals surface area contributed by atoms with Crippen molar-refractivity contribution >= 4 is 35.8 Å². The van der Waals surface area contributed by atoms with Crippen LogP contribution in [0.4, 0.5) is 0 Å². The van der Waals surface area contributed by atoms with Gasteiger partial charge in [-0.2, -0.15) is 0 Å². The van der Waals surface area contributed by atoms with Crippen molar-refractivity contribution in [1.82, 2.24) is 16.0 Å². The van der Waals surface area contributed by atoms with Crippen molar-refractivity contribution < 1.29 is 14.3 Å². The van der Waals surface area contributed by atoms with Crippen LogP contribution in [0.3, 0.4) is 0 Å². The van der Waals surface area contributed by atoms with Gasteiger partial charge in [0.25, 0.3) is 0 Å². The number of ether oxygens (including phenoxy) is 2. The van der Waals surface area contributed by atoms with Gasteiger partial charge in [0.15, 0.2) is 5.96 Å². The third-order valence-electron chi connectivity index (χ3n) is 3.30. The summed E-state index contributed by atoms with van der Waals surface area (Å²) in [4.78, 5) is 15.8. The second kappa shape index (κ2) is 13.6. The number of carbonyl (C=O) groups excluding carboxylic acids is 1. The van der Waals surface area contributed by atoms with Gasteiger partial charge in [0.1, 0.15) is 5.75 Å². The highest BCUT2D eigenvalue weighted by atomic mass is 127. The first-order chi connectivity index (χ1) is 12.0. The van der Waals surface area contributed by atoms with E-state index in [4.69, 9.17) is 9.47 Å². The lowest BCUT2D eigenvalue weighted by molar-refractivity contribution is -0.120. The Kier molecular flexibility index (Phi) is 12.8. The fourth-order valence-electron chi connectivity index (χ4n) is 2.09. The van der Waals surface area contributed by atoms with Crippen LogP contribution >= 0.6 is 24.0 Å². The van der Waals surface area contributed by atoms with E-state index in [0.717, 1.165) is 16.9 Å².